The Hall–Kier alpha value is -2.76. The van der Waals surface area contributed by atoms with Crippen LogP contribution in [0, 0.1) is 0 Å². The number of hydrogen-bond acceptors (Lipinski definition) is 7. The standard InChI is InChI=1S/C20H25N5O5S/c1-29-12-10-24-18-8-7-16(13-17(18)22-23-24)31(27,28)25-9-3-2-6-19(25)20(26)21-14-15-5-4-11-30-15/h4-5,7-8,11,13,19H,2-3,6,9-10,12,14H2,1H3,(H,21,26)/t19-/m1/s1. The summed E-state index contributed by atoms with van der Waals surface area (Å²) in [4.78, 5) is 12.9. The Balaban J connectivity index is 1.55. The van der Waals surface area contributed by atoms with Gasteiger partial charge in [0, 0.05) is 13.7 Å². The highest BCUT2D eigenvalue weighted by Crippen LogP contribution is 2.27. The molecule has 11 heteroatoms. The first kappa shape index (κ1) is 21.5. The van der Waals surface area contributed by atoms with Crippen molar-refractivity contribution in [2.24, 2.45) is 0 Å². The molecule has 31 heavy (non-hydrogen) atoms. The first-order valence-electron chi connectivity index (χ1n) is 10.1. The molecule has 3 heterocycles. The Morgan fingerprint density at radius 2 is 2.19 bits per heavy atom. The molecule has 0 bridgehead atoms. The number of methoxy groups -OCH3 is 1. The minimum Gasteiger partial charge on any atom is -0.467 e. The first-order chi connectivity index (χ1) is 15.0. The molecule has 0 radical (unpaired) electrons. The molecule has 0 saturated carbocycles. The lowest BCUT2D eigenvalue weighted by atomic mass is 10.0. The van der Waals surface area contributed by atoms with E-state index in [1.54, 1.807) is 30.0 Å². The van der Waals surface area contributed by atoms with E-state index in [9.17, 15) is 13.2 Å². The summed E-state index contributed by atoms with van der Waals surface area (Å²) >= 11 is 0. The molecular weight excluding hydrogens is 422 g/mol. The molecular formula is C20H25N5O5S. The molecule has 4 rings (SSSR count). The molecule has 1 fully saturated rings. The molecule has 1 N–H and O–H groups in total. The van der Waals surface area contributed by atoms with Crippen molar-refractivity contribution in [3.63, 3.8) is 0 Å². The van der Waals surface area contributed by atoms with Crippen LogP contribution in [0.2, 0.25) is 0 Å². The fraction of sp³-hybridized carbons (Fsp3) is 0.450. The molecule has 166 valence electrons. The number of piperidine rings is 1. The van der Waals surface area contributed by atoms with E-state index in [4.69, 9.17) is 9.15 Å². The van der Waals surface area contributed by atoms with Crippen LogP contribution < -0.4 is 5.32 Å². The maximum Gasteiger partial charge on any atom is 0.243 e. The topological polar surface area (TPSA) is 120 Å². The number of benzene rings is 1. The number of sulfonamides is 1. The summed E-state index contributed by atoms with van der Waals surface area (Å²) < 4.78 is 40.1. The first-order valence-corrected chi connectivity index (χ1v) is 11.6. The molecule has 0 unspecified atom stereocenters. The summed E-state index contributed by atoms with van der Waals surface area (Å²) in [6.45, 7) is 1.50. The van der Waals surface area contributed by atoms with Gasteiger partial charge in [-0.05, 0) is 43.2 Å². The molecule has 10 nitrogen and oxygen atoms in total. The van der Waals surface area contributed by atoms with Crippen molar-refractivity contribution in [1.29, 1.82) is 0 Å². The van der Waals surface area contributed by atoms with Crippen LogP contribution >= 0.6 is 0 Å². The zero-order valence-corrected chi connectivity index (χ0v) is 18.0. The summed E-state index contributed by atoms with van der Waals surface area (Å²) in [5.41, 5.74) is 1.20. The van der Waals surface area contributed by atoms with Crippen molar-refractivity contribution in [2.45, 2.75) is 43.3 Å². The highest BCUT2D eigenvalue weighted by atomic mass is 32.2. The predicted molar refractivity (Wildman–Crippen MR) is 111 cm³/mol. The van der Waals surface area contributed by atoms with E-state index >= 15 is 0 Å². The SMILES string of the molecule is COCCn1nnc2cc(S(=O)(=O)N3CCCC[C@@H]3C(=O)NCc3ccco3)ccc21. The van der Waals surface area contributed by atoms with Gasteiger partial charge in [0.2, 0.25) is 15.9 Å². The van der Waals surface area contributed by atoms with Crippen LogP contribution in [0.5, 0.6) is 0 Å². The minimum atomic E-state index is -3.88. The van der Waals surface area contributed by atoms with Gasteiger partial charge in [-0.25, -0.2) is 13.1 Å². The molecule has 0 spiro atoms. The van der Waals surface area contributed by atoms with Gasteiger partial charge in [0.25, 0.3) is 0 Å². The fourth-order valence-electron chi connectivity index (χ4n) is 3.75. The monoisotopic (exact) mass is 447 g/mol. The smallest absolute Gasteiger partial charge is 0.243 e. The maximum absolute atomic E-state index is 13.4. The second-order valence-corrected chi connectivity index (χ2v) is 9.27. The summed E-state index contributed by atoms with van der Waals surface area (Å²) in [5, 5.41) is 10.9. The van der Waals surface area contributed by atoms with E-state index in [0.717, 1.165) is 11.9 Å². The van der Waals surface area contributed by atoms with Gasteiger partial charge in [-0.15, -0.1) is 5.10 Å². The van der Waals surface area contributed by atoms with Crippen molar-refractivity contribution < 1.29 is 22.4 Å². The number of rotatable bonds is 8. The van der Waals surface area contributed by atoms with Crippen LogP contribution in [0.15, 0.2) is 45.9 Å². The van der Waals surface area contributed by atoms with Crippen molar-refractivity contribution >= 4 is 27.0 Å². The maximum atomic E-state index is 13.4. The molecule has 2 aromatic heterocycles. The predicted octanol–water partition coefficient (Wildman–Crippen LogP) is 1.53. The van der Waals surface area contributed by atoms with Crippen LogP contribution in [0.25, 0.3) is 11.0 Å². The van der Waals surface area contributed by atoms with E-state index in [2.05, 4.69) is 15.6 Å². The zero-order chi connectivity index (χ0) is 21.8. The molecule has 0 aliphatic carbocycles. The Kier molecular flexibility index (Phi) is 6.35. The van der Waals surface area contributed by atoms with E-state index in [1.165, 1.54) is 22.7 Å². The summed E-state index contributed by atoms with van der Waals surface area (Å²) in [7, 11) is -2.28. The van der Waals surface area contributed by atoms with Crippen molar-refractivity contribution in [1.82, 2.24) is 24.6 Å². The highest BCUT2D eigenvalue weighted by molar-refractivity contribution is 7.89. The average molecular weight is 448 g/mol. The summed E-state index contributed by atoms with van der Waals surface area (Å²) in [5.74, 6) is 0.284. The summed E-state index contributed by atoms with van der Waals surface area (Å²) in [6.07, 6.45) is 3.49. The molecule has 3 aromatic rings. The second-order valence-electron chi connectivity index (χ2n) is 7.38. The average Bonchev–Trinajstić information content (AvgIpc) is 3.45. The van der Waals surface area contributed by atoms with E-state index in [-0.39, 0.29) is 17.3 Å². The number of fused-ring (bicyclic) bond motifs is 1. The number of nitrogens with zero attached hydrogens (tertiary/aromatic N) is 4. The van der Waals surface area contributed by atoms with Gasteiger partial charge in [-0.1, -0.05) is 11.6 Å². The summed E-state index contributed by atoms with van der Waals surface area (Å²) in [6, 6.07) is 7.46. The van der Waals surface area contributed by atoms with E-state index in [0.29, 0.717) is 43.8 Å². The highest BCUT2D eigenvalue weighted by Gasteiger charge is 2.37. The van der Waals surface area contributed by atoms with Gasteiger partial charge in [0.05, 0.1) is 36.4 Å². The lowest BCUT2D eigenvalue weighted by molar-refractivity contribution is -0.125. The van der Waals surface area contributed by atoms with Gasteiger partial charge in [-0.3, -0.25) is 4.79 Å². The Morgan fingerprint density at radius 1 is 1.32 bits per heavy atom. The van der Waals surface area contributed by atoms with Gasteiger partial charge in [-0.2, -0.15) is 4.31 Å². The Morgan fingerprint density at radius 3 is 2.97 bits per heavy atom. The third-order valence-electron chi connectivity index (χ3n) is 5.37. The molecule has 1 saturated heterocycles. The number of furan rings is 1. The lowest BCUT2D eigenvalue weighted by Crippen LogP contribution is -2.51. The molecule has 1 aliphatic rings. The molecule has 1 aliphatic heterocycles. The van der Waals surface area contributed by atoms with Crippen LogP contribution in [0.4, 0.5) is 0 Å². The number of ether oxygens (including phenoxy) is 1. The van der Waals surface area contributed by atoms with Gasteiger partial charge < -0.3 is 14.5 Å². The second kappa shape index (κ2) is 9.16. The largest absolute Gasteiger partial charge is 0.467 e. The van der Waals surface area contributed by atoms with Gasteiger partial charge in [0.15, 0.2) is 0 Å². The van der Waals surface area contributed by atoms with Gasteiger partial charge in [0.1, 0.15) is 17.3 Å². The van der Waals surface area contributed by atoms with Crippen LogP contribution in [-0.2, 0) is 32.6 Å². The Bertz CT molecular complexity index is 1140. The number of carbonyl (C=O) groups excluding carboxylic acids is 1. The normalized spacial score (nSPS) is 17.8. The number of nitrogens with one attached hydrogen (secondary N) is 1. The Labute approximate surface area is 180 Å². The molecule has 1 amide bonds. The number of hydrogen-bond donors (Lipinski definition) is 1. The van der Waals surface area contributed by atoms with Crippen molar-refractivity contribution in [3.05, 3.63) is 42.4 Å². The van der Waals surface area contributed by atoms with Crippen LogP contribution in [0.3, 0.4) is 0 Å². The lowest BCUT2D eigenvalue weighted by Gasteiger charge is -2.33. The molecule has 1 atom stereocenters. The quantitative estimate of drug-likeness (QED) is 0.556. The van der Waals surface area contributed by atoms with Crippen molar-refractivity contribution in [2.75, 3.05) is 20.3 Å². The van der Waals surface area contributed by atoms with Crippen molar-refractivity contribution in [3.8, 4) is 0 Å². The third kappa shape index (κ3) is 4.48. The number of amides is 1. The van der Waals surface area contributed by atoms with E-state index in [1.807, 2.05) is 0 Å². The third-order valence-corrected chi connectivity index (χ3v) is 7.28. The number of carbonyl (C=O) groups is 1. The zero-order valence-electron chi connectivity index (χ0n) is 17.2. The van der Waals surface area contributed by atoms with Crippen LogP contribution in [0.1, 0.15) is 25.0 Å². The number of aromatic nitrogens is 3. The minimum absolute atomic E-state index is 0.101. The van der Waals surface area contributed by atoms with E-state index < -0.39 is 16.1 Å². The fourth-order valence-corrected chi connectivity index (χ4v) is 5.43. The molecule has 1 aromatic carbocycles. The van der Waals surface area contributed by atoms with Gasteiger partial charge >= 0.3 is 0 Å². The van der Waals surface area contributed by atoms with Crippen LogP contribution in [-0.4, -0.2) is 59.9 Å².